The molecule has 25 heavy (non-hydrogen) atoms. The van der Waals surface area contributed by atoms with Crippen LogP contribution in [0.4, 0.5) is 0 Å². The van der Waals surface area contributed by atoms with Crippen LogP contribution in [0.2, 0.25) is 0 Å². The Morgan fingerprint density at radius 3 is 2.92 bits per heavy atom. The predicted molar refractivity (Wildman–Crippen MR) is 90.2 cm³/mol. The van der Waals surface area contributed by atoms with Gasteiger partial charge < -0.3 is 9.42 Å². The highest BCUT2D eigenvalue weighted by molar-refractivity contribution is 5.98. The summed E-state index contributed by atoms with van der Waals surface area (Å²) in [6, 6.07) is 1.89. The smallest absolute Gasteiger partial charge is 0.255 e. The Kier molecular flexibility index (Phi) is 3.74. The molecule has 3 aromatic rings. The van der Waals surface area contributed by atoms with Crippen LogP contribution in [-0.2, 0) is 6.54 Å². The minimum Gasteiger partial charge on any atom is -0.339 e. The molecule has 1 fully saturated rings. The zero-order valence-corrected chi connectivity index (χ0v) is 14.6. The van der Waals surface area contributed by atoms with Crippen molar-refractivity contribution in [2.45, 2.75) is 39.7 Å². The number of carbonyl (C=O) groups is 1. The molecule has 1 aliphatic rings. The maximum atomic E-state index is 13.0. The van der Waals surface area contributed by atoms with E-state index < -0.39 is 0 Å². The summed E-state index contributed by atoms with van der Waals surface area (Å²) in [5, 5.41) is 9.04. The van der Waals surface area contributed by atoms with Crippen molar-refractivity contribution < 1.29 is 9.32 Å². The van der Waals surface area contributed by atoms with Gasteiger partial charge in [0, 0.05) is 25.0 Å². The van der Waals surface area contributed by atoms with Gasteiger partial charge in [-0.15, -0.1) is 0 Å². The lowest BCUT2D eigenvalue weighted by Gasteiger charge is -2.17. The molecule has 1 saturated heterocycles. The fourth-order valence-electron chi connectivity index (χ4n) is 3.34. The molecule has 3 aromatic heterocycles. The highest BCUT2D eigenvalue weighted by Crippen LogP contribution is 2.28. The molecule has 0 bridgehead atoms. The standard InChI is InChI=1S/C17H20N6O2/c1-4-23-15-13(8-18-23)7-14(10(2)19-15)17(24)22-6-5-12(9-22)16-20-11(3)21-25-16/h7-8,12H,4-6,9H2,1-3H3. The molecule has 0 N–H and O–H groups in total. The third-order valence-corrected chi connectivity index (χ3v) is 4.70. The molecule has 130 valence electrons. The van der Waals surface area contributed by atoms with Gasteiger partial charge in [-0.3, -0.25) is 4.79 Å². The van der Waals surface area contributed by atoms with E-state index >= 15 is 0 Å². The first-order valence-corrected chi connectivity index (χ1v) is 8.49. The Hall–Kier alpha value is -2.77. The summed E-state index contributed by atoms with van der Waals surface area (Å²) >= 11 is 0. The molecule has 1 aliphatic heterocycles. The molecule has 8 heteroatoms. The van der Waals surface area contributed by atoms with E-state index in [4.69, 9.17) is 4.52 Å². The first kappa shape index (κ1) is 15.7. The second kappa shape index (κ2) is 5.94. The summed E-state index contributed by atoms with van der Waals surface area (Å²) < 4.78 is 7.09. The quantitative estimate of drug-likeness (QED) is 0.725. The van der Waals surface area contributed by atoms with Crippen molar-refractivity contribution >= 4 is 16.9 Å². The van der Waals surface area contributed by atoms with Gasteiger partial charge in [-0.1, -0.05) is 5.16 Å². The van der Waals surface area contributed by atoms with E-state index in [2.05, 4.69) is 20.2 Å². The van der Waals surface area contributed by atoms with Crippen LogP contribution >= 0.6 is 0 Å². The van der Waals surface area contributed by atoms with Crippen molar-refractivity contribution in [2.24, 2.45) is 0 Å². The molecule has 8 nitrogen and oxygen atoms in total. The number of likely N-dealkylation sites (tertiary alicyclic amines) is 1. The van der Waals surface area contributed by atoms with Crippen molar-refractivity contribution in [3.05, 3.63) is 35.2 Å². The van der Waals surface area contributed by atoms with Gasteiger partial charge in [0.05, 0.1) is 23.4 Å². The number of hydrogen-bond donors (Lipinski definition) is 0. The third kappa shape index (κ3) is 2.67. The predicted octanol–water partition coefficient (Wildman–Crippen LogP) is 2.08. The summed E-state index contributed by atoms with van der Waals surface area (Å²) in [5.74, 6) is 1.33. The van der Waals surface area contributed by atoms with Crippen LogP contribution in [-0.4, -0.2) is 48.8 Å². The van der Waals surface area contributed by atoms with Gasteiger partial charge in [0.15, 0.2) is 11.5 Å². The molecule has 1 unspecified atom stereocenters. The Balaban J connectivity index is 1.59. The normalized spacial score (nSPS) is 17.6. The fourth-order valence-corrected chi connectivity index (χ4v) is 3.34. The van der Waals surface area contributed by atoms with E-state index in [9.17, 15) is 4.79 Å². The van der Waals surface area contributed by atoms with Crippen molar-refractivity contribution in [1.29, 1.82) is 0 Å². The summed E-state index contributed by atoms with van der Waals surface area (Å²) in [5.41, 5.74) is 2.17. The van der Waals surface area contributed by atoms with Crippen molar-refractivity contribution in [3.8, 4) is 0 Å². The number of rotatable bonds is 3. The molecule has 0 spiro atoms. The van der Waals surface area contributed by atoms with Crippen LogP contribution in [0.5, 0.6) is 0 Å². The lowest BCUT2D eigenvalue weighted by molar-refractivity contribution is 0.0788. The van der Waals surface area contributed by atoms with E-state index in [1.807, 2.05) is 29.5 Å². The number of carbonyl (C=O) groups excluding carboxylic acids is 1. The average Bonchev–Trinajstić information content (AvgIpc) is 3.32. The SMILES string of the molecule is CCn1ncc2cc(C(=O)N3CCC(c4nc(C)no4)C3)c(C)nc21. The lowest BCUT2D eigenvalue weighted by atomic mass is 10.1. The van der Waals surface area contributed by atoms with Gasteiger partial charge in [-0.05, 0) is 33.3 Å². The number of amides is 1. The average molecular weight is 340 g/mol. The maximum absolute atomic E-state index is 13.0. The Morgan fingerprint density at radius 2 is 2.20 bits per heavy atom. The van der Waals surface area contributed by atoms with Crippen LogP contribution in [0.3, 0.4) is 0 Å². The molecule has 4 rings (SSSR count). The van der Waals surface area contributed by atoms with Gasteiger partial charge in [-0.25, -0.2) is 9.67 Å². The summed E-state index contributed by atoms with van der Waals surface area (Å²) in [6.45, 7) is 7.70. The van der Waals surface area contributed by atoms with E-state index in [0.29, 0.717) is 30.4 Å². The van der Waals surface area contributed by atoms with E-state index in [0.717, 1.165) is 29.7 Å². The van der Waals surface area contributed by atoms with Gasteiger partial charge >= 0.3 is 0 Å². The van der Waals surface area contributed by atoms with E-state index in [-0.39, 0.29) is 11.8 Å². The molecule has 4 heterocycles. The minimum atomic E-state index is -0.00474. The Labute approximate surface area is 144 Å². The number of aromatic nitrogens is 5. The van der Waals surface area contributed by atoms with Crippen LogP contribution < -0.4 is 0 Å². The van der Waals surface area contributed by atoms with E-state index in [1.165, 1.54) is 0 Å². The zero-order chi connectivity index (χ0) is 17.6. The first-order chi connectivity index (χ1) is 12.1. The van der Waals surface area contributed by atoms with Crippen molar-refractivity contribution in [3.63, 3.8) is 0 Å². The first-order valence-electron chi connectivity index (χ1n) is 8.49. The Morgan fingerprint density at radius 1 is 1.36 bits per heavy atom. The van der Waals surface area contributed by atoms with E-state index in [1.54, 1.807) is 13.1 Å². The Bertz CT molecular complexity index is 944. The van der Waals surface area contributed by atoms with Crippen LogP contribution in [0.25, 0.3) is 11.0 Å². The highest BCUT2D eigenvalue weighted by atomic mass is 16.5. The summed E-state index contributed by atoms with van der Waals surface area (Å²) in [4.78, 5) is 23.7. The lowest BCUT2D eigenvalue weighted by Crippen LogP contribution is -2.29. The molecular weight excluding hydrogens is 320 g/mol. The van der Waals surface area contributed by atoms with Gasteiger partial charge in [0.25, 0.3) is 5.91 Å². The van der Waals surface area contributed by atoms with Crippen LogP contribution in [0.15, 0.2) is 16.8 Å². The van der Waals surface area contributed by atoms with Crippen molar-refractivity contribution in [1.82, 2.24) is 29.8 Å². The van der Waals surface area contributed by atoms with Gasteiger partial charge in [-0.2, -0.15) is 10.1 Å². The maximum Gasteiger partial charge on any atom is 0.255 e. The zero-order valence-electron chi connectivity index (χ0n) is 14.6. The molecule has 0 radical (unpaired) electrons. The van der Waals surface area contributed by atoms with Gasteiger partial charge in [0.1, 0.15) is 0 Å². The fraction of sp³-hybridized carbons (Fsp3) is 0.471. The second-order valence-corrected chi connectivity index (χ2v) is 6.41. The molecule has 0 aliphatic carbocycles. The second-order valence-electron chi connectivity index (χ2n) is 6.41. The number of fused-ring (bicyclic) bond motifs is 1. The summed E-state index contributed by atoms with van der Waals surface area (Å²) in [7, 11) is 0. The van der Waals surface area contributed by atoms with Crippen LogP contribution in [0, 0.1) is 13.8 Å². The number of pyridine rings is 1. The largest absolute Gasteiger partial charge is 0.339 e. The third-order valence-electron chi connectivity index (χ3n) is 4.70. The number of hydrogen-bond acceptors (Lipinski definition) is 6. The number of aryl methyl sites for hydroxylation is 3. The summed E-state index contributed by atoms with van der Waals surface area (Å²) in [6.07, 6.45) is 2.59. The monoisotopic (exact) mass is 340 g/mol. The van der Waals surface area contributed by atoms with Crippen LogP contribution in [0.1, 0.15) is 47.0 Å². The molecule has 0 aromatic carbocycles. The highest BCUT2D eigenvalue weighted by Gasteiger charge is 2.32. The molecule has 1 amide bonds. The van der Waals surface area contributed by atoms with Gasteiger partial charge in [0.2, 0.25) is 5.89 Å². The topological polar surface area (TPSA) is 89.9 Å². The molecule has 0 saturated carbocycles. The number of nitrogens with zero attached hydrogens (tertiary/aromatic N) is 6. The minimum absolute atomic E-state index is 0.00474. The molecule has 1 atom stereocenters. The molecular formula is C17H20N6O2. The van der Waals surface area contributed by atoms with Crippen molar-refractivity contribution in [2.75, 3.05) is 13.1 Å².